The van der Waals surface area contributed by atoms with Crippen LogP contribution in [0.4, 0.5) is 11.9 Å². The summed E-state index contributed by atoms with van der Waals surface area (Å²) in [6.07, 6.45) is 1.88. The molecule has 0 aliphatic heterocycles. The fourth-order valence-corrected chi connectivity index (χ4v) is 1.70. The molecule has 0 saturated carbocycles. The van der Waals surface area contributed by atoms with Gasteiger partial charge >= 0.3 is 0 Å². The highest BCUT2D eigenvalue weighted by molar-refractivity contribution is 5.66. The molecule has 0 aliphatic rings. The fraction of sp³-hybridized carbons (Fsp3) is 0.231. The van der Waals surface area contributed by atoms with Crippen LogP contribution in [-0.2, 0) is 4.79 Å². The van der Waals surface area contributed by atoms with Gasteiger partial charge < -0.3 is 5.32 Å². The molecule has 1 amide bonds. The lowest BCUT2D eigenvalue weighted by Gasteiger charge is -2.14. The van der Waals surface area contributed by atoms with Gasteiger partial charge in [0.15, 0.2) is 0 Å². The van der Waals surface area contributed by atoms with Crippen molar-refractivity contribution in [1.82, 2.24) is 15.0 Å². The monoisotopic (exact) mass is 257 g/mol. The van der Waals surface area contributed by atoms with Crippen molar-refractivity contribution in [3.05, 3.63) is 41.7 Å². The summed E-state index contributed by atoms with van der Waals surface area (Å²) in [6, 6.07) is 8.26. The number of carbonyl (C=O) groups excluding carboxylic acids is 1. The van der Waals surface area contributed by atoms with Crippen LogP contribution in [0.3, 0.4) is 0 Å². The topological polar surface area (TPSA) is 79.8 Å². The molecule has 98 valence electrons. The Bertz CT molecular complexity index is 572. The van der Waals surface area contributed by atoms with E-state index in [4.69, 9.17) is 0 Å². The molecular weight excluding hydrogens is 242 g/mol. The summed E-state index contributed by atoms with van der Waals surface area (Å²) in [5.74, 6) is 0.650. The van der Waals surface area contributed by atoms with E-state index in [1.807, 2.05) is 32.0 Å². The normalized spacial score (nSPS) is 11.7. The Labute approximate surface area is 111 Å². The summed E-state index contributed by atoms with van der Waals surface area (Å²) in [6.45, 7) is 4.07. The SMILES string of the molecule is Cc1cccc([C@H](C)Nc2ncnc(NC=O)n2)c1. The van der Waals surface area contributed by atoms with Gasteiger partial charge in [-0.05, 0) is 19.4 Å². The first-order chi connectivity index (χ1) is 9.19. The number of anilines is 2. The number of nitrogens with zero attached hydrogens (tertiary/aromatic N) is 3. The van der Waals surface area contributed by atoms with Crippen molar-refractivity contribution < 1.29 is 4.79 Å². The van der Waals surface area contributed by atoms with Crippen LogP contribution in [-0.4, -0.2) is 21.4 Å². The summed E-state index contributed by atoms with van der Waals surface area (Å²) < 4.78 is 0. The molecule has 2 N–H and O–H groups in total. The van der Waals surface area contributed by atoms with Crippen LogP contribution >= 0.6 is 0 Å². The number of carbonyl (C=O) groups is 1. The Morgan fingerprint density at radius 2 is 2.05 bits per heavy atom. The molecule has 1 aromatic carbocycles. The van der Waals surface area contributed by atoms with Gasteiger partial charge in [0, 0.05) is 0 Å². The molecule has 0 aliphatic carbocycles. The molecule has 1 atom stereocenters. The van der Waals surface area contributed by atoms with Crippen molar-refractivity contribution in [2.45, 2.75) is 19.9 Å². The Balaban J connectivity index is 2.12. The van der Waals surface area contributed by atoms with Gasteiger partial charge in [-0.25, -0.2) is 9.97 Å². The van der Waals surface area contributed by atoms with E-state index in [1.165, 1.54) is 11.9 Å². The van der Waals surface area contributed by atoms with Crippen molar-refractivity contribution in [3.63, 3.8) is 0 Å². The molecule has 0 spiro atoms. The molecule has 0 radical (unpaired) electrons. The van der Waals surface area contributed by atoms with E-state index in [0.29, 0.717) is 12.4 Å². The molecule has 19 heavy (non-hydrogen) atoms. The van der Waals surface area contributed by atoms with Crippen LogP contribution in [0, 0.1) is 6.92 Å². The third kappa shape index (κ3) is 3.48. The van der Waals surface area contributed by atoms with Gasteiger partial charge in [0.05, 0.1) is 6.04 Å². The fourth-order valence-electron chi connectivity index (χ4n) is 1.70. The number of hydrogen-bond donors (Lipinski definition) is 2. The smallest absolute Gasteiger partial charge is 0.233 e. The standard InChI is InChI=1S/C13H15N5O/c1-9-4-3-5-11(6-9)10(2)17-13-15-7-14-12(18-13)16-8-19/h3-8,10H,1-2H3,(H2,14,15,16,17,18,19)/t10-/m0/s1. The lowest BCUT2D eigenvalue weighted by Crippen LogP contribution is -2.11. The van der Waals surface area contributed by atoms with E-state index in [2.05, 4.69) is 31.7 Å². The van der Waals surface area contributed by atoms with E-state index < -0.39 is 0 Å². The predicted molar refractivity (Wildman–Crippen MR) is 72.7 cm³/mol. The van der Waals surface area contributed by atoms with Crippen LogP contribution in [0.2, 0.25) is 0 Å². The zero-order valence-corrected chi connectivity index (χ0v) is 10.8. The first kappa shape index (κ1) is 12.9. The third-order valence-corrected chi connectivity index (χ3v) is 2.65. The number of benzene rings is 1. The maximum atomic E-state index is 10.3. The van der Waals surface area contributed by atoms with Crippen LogP contribution in [0.25, 0.3) is 0 Å². The van der Waals surface area contributed by atoms with Crippen LogP contribution < -0.4 is 10.6 Å². The van der Waals surface area contributed by atoms with Crippen LogP contribution in [0.1, 0.15) is 24.1 Å². The Hall–Kier alpha value is -2.50. The molecule has 1 aromatic heterocycles. The van der Waals surface area contributed by atoms with E-state index in [-0.39, 0.29) is 12.0 Å². The summed E-state index contributed by atoms with van der Waals surface area (Å²) >= 11 is 0. The van der Waals surface area contributed by atoms with Gasteiger partial charge in [-0.15, -0.1) is 0 Å². The minimum Gasteiger partial charge on any atom is -0.348 e. The molecule has 6 heteroatoms. The second kappa shape index (κ2) is 5.90. The zero-order chi connectivity index (χ0) is 13.7. The Morgan fingerprint density at radius 1 is 1.26 bits per heavy atom. The van der Waals surface area contributed by atoms with Crippen molar-refractivity contribution in [2.75, 3.05) is 10.6 Å². The summed E-state index contributed by atoms with van der Waals surface area (Å²) in [5, 5.41) is 5.55. The van der Waals surface area contributed by atoms with Gasteiger partial charge in [0.25, 0.3) is 0 Å². The molecule has 0 fully saturated rings. The van der Waals surface area contributed by atoms with E-state index in [0.717, 1.165) is 5.56 Å². The van der Waals surface area contributed by atoms with Gasteiger partial charge in [-0.2, -0.15) is 4.98 Å². The average molecular weight is 257 g/mol. The number of aromatic nitrogens is 3. The highest BCUT2D eigenvalue weighted by atomic mass is 16.1. The highest BCUT2D eigenvalue weighted by Gasteiger charge is 2.07. The molecule has 1 heterocycles. The molecule has 0 saturated heterocycles. The second-order valence-electron chi connectivity index (χ2n) is 4.18. The van der Waals surface area contributed by atoms with Crippen molar-refractivity contribution in [1.29, 1.82) is 0 Å². The van der Waals surface area contributed by atoms with Gasteiger partial charge in [0.2, 0.25) is 18.3 Å². The van der Waals surface area contributed by atoms with E-state index in [1.54, 1.807) is 0 Å². The minimum atomic E-state index is 0.0615. The van der Waals surface area contributed by atoms with Gasteiger partial charge in [-0.3, -0.25) is 10.1 Å². The summed E-state index contributed by atoms with van der Waals surface area (Å²) in [5.41, 5.74) is 2.34. The average Bonchev–Trinajstić information content (AvgIpc) is 2.39. The maximum Gasteiger partial charge on any atom is 0.233 e. The van der Waals surface area contributed by atoms with Gasteiger partial charge in [0.1, 0.15) is 6.33 Å². The van der Waals surface area contributed by atoms with Crippen molar-refractivity contribution in [2.24, 2.45) is 0 Å². The van der Waals surface area contributed by atoms with E-state index >= 15 is 0 Å². The lowest BCUT2D eigenvalue weighted by molar-refractivity contribution is -0.105. The number of amides is 1. The largest absolute Gasteiger partial charge is 0.348 e. The number of rotatable bonds is 5. The van der Waals surface area contributed by atoms with Crippen LogP contribution in [0.15, 0.2) is 30.6 Å². The maximum absolute atomic E-state index is 10.3. The third-order valence-electron chi connectivity index (χ3n) is 2.65. The van der Waals surface area contributed by atoms with Crippen molar-refractivity contribution >= 4 is 18.3 Å². The zero-order valence-electron chi connectivity index (χ0n) is 10.8. The molecule has 6 nitrogen and oxygen atoms in total. The first-order valence-corrected chi connectivity index (χ1v) is 5.91. The number of nitrogens with one attached hydrogen (secondary N) is 2. The molecular formula is C13H15N5O. The first-order valence-electron chi connectivity index (χ1n) is 5.91. The number of aryl methyl sites for hydroxylation is 1. The van der Waals surface area contributed by atoms with Crippen LogP contribution in [0.5, 0.6) is 0 Å². The highest BCUT2D eigenvalue weighted by Crippen LogP contribution is 2.17. The van der Waals surface area contributed by atoms with E-state index in [9.17, 15) is 4.79 Å². The Morgan fingerprint density at radius 3 is 2.79 bits per heavy atom. The quantitative estimate of drug-likeness (QED) is 0.800. The second-order valence-corrected chi connectivity index (χ2v) is 4.18. The molecule has 0 unspecified atom stereocenters. The summed E-state index contributed by atoms with van der Waals surface area (Å²) in [7, 11) is 0. The Kier molecular flexibility index (Phi) is 4.02. The number of hydrogen-bond acceptors (Lipinski definition) is 5. The van der Waals surface area contributed by atoms with Gasteiger partial charge in [-0.1, -0.05) is 29.8 Å². The minimum absolute atomic E-state index is 0.0615. The predicted octanol–water partition coefficient (Wildman–Crippen LogP) is 1.92. The molecule has 2 rings (SSSR count). The summed E-state index contributed by atoms with van der Waals surface area (Å²) in [4.78, 5) is 22.2. The lowest BCUT2D eigenvalue weighted by atomic mass is 10.1. The van der Waals surface area contributed by atoms with Crippen molar-refractivity contribution in [3.8, 4) is 0 Å². The molecule has 0 bridgehead atoms. The molecule has 2 aromatic rings.